The quantitative estimate of drug-likeness (QED) is 0.466. The molecule has 31 heavy (non-hydrogen) atoms. The minimum absolute atomic E-state index is 0.0351. The smallest absolute Gasteiger partial charge is 0.405 e. The molecule has 0 bridgehead atoms. The van der Waals surface area contributed by atoms with Gasteiger partial charge in [-0.1, -0.05) is 32.4 Å². The molecule has 0 aliphatic heterocycles. The molecule has 0 spiro atoms. The molecule has 0 saturated heterocycles. The Labute approximate surface area is 190 Å². The molecule has 0 fully saturated rings. The first kappa shape index (κ1) is 25.3. The number of hydrogen-bond acceptors (Lipinski definition) is 5. The number of hydrogen-bond donors (Lipinski definition) is 1. The van der Waals surface area contributed by atoms with Crippen LogP contribution in [0.15, 0.2) is 39.7 Å². The van der Waals surface area contributed by atoms with Crippen LogP contribution in [0.2, 0.25) is 5.02 Å². The summed E-state index contributed by atoms with van der Waals surface area (Å²) < 4.78 is 75.6. The summed E-state index contributed by atoms with van der Waals surface area (Å²) in [5.41, 5.74) is 3.86. The number of carbonyl (C=O) groups is 1. The molecule has 0 radical (unpaired) electrons. The normalized spacial score (nSPS) is 13.2. The topological polar surface area (TPSA) is 95.7 Å². The zero-order chi connectivity index (χ0) is 23.7. The van der Waals surface area contributed by atoms with Gasteiger partial charge in [0.15, 0.2) is 0 Å². The van der Waals surface area contributed by atoms with Gasteiger partial charge in [-0.15, -0.1) is 0 Å². The zero-order valence-electron chi connectivity index (χ0n) is 16.5. The highest BCUT2D eigenvalue weighted by atomic mass is 79.9. The second-order valence-electron chi connectivity index (χ2n) is 7.49. The number of amides is 1. The van der Waals surface area contributed by atoms with Crippen LogP contribution in [-0.4, -0.2) is 20.3 Å². The van der Waals surface area contributed by atoms with Crippen molar-refractivity contribution in [2.45, 2.75) is 37.5 Å². The average molecular weight is 545 g/mol. The summed E-state index contributed by atoms with van der Waals surface area (Å²) in [7, 11) is -5.11. The van der Waals surface area contributed by atoms with E-state index in [4.69, 9.17) is 26.8 Å². The van der Waals surface area contributed by atoms with Crippen LogP contribution in [-0.2, 0) is 14.6 Å². The van der Waals surface area contributed by atoms with Crippen molar-refractivity contribution in [2.75, 3.05) is 0 Å². The molecule has 2 aromatic carbocycles. The van der Waals surface area contributed by atoms with Crippen LogP contribution in [0.5, 0.6) is 11.5 Å². The van der Waals surface area contributed by atoms with E-state index in [9.17, 15) is 26.4 Å². The number of alkyl halides is 2. The van der Waals surface area contributed by atoms with Gasteiger partial charge in [-0.3, -0.25) is 0 Å². The molecule has 0 heterocycles. The molecule has 170 valence electrons. The Bertz CT molecular complexity index is 1090. The fraction of sp³-hybridized carbons (Fsp3) is 0.316. The lowest BCUT2D eigenvalue weighted by atomic mass is 9.84. The van der Waals surface area contributed by atoms with Gasteiger partial charge in [-0.05, 0) is 40.2 Å². The van der Waals surface area contributed by atoms with E-state index >= 15 is 0 Å². The molecule has 0 aliphatic carbocycles. The summed E-state index contributed by atoms with van der Waals surface area (Å²) in [4.78, 5) is 10.7. The van der Waals surface area contributed by atoms with E-state index in [-0.39, 0.29) is 26.6 Å². The number of sulfone groups is 1. The number of carbonyl (C=O) groups excluding carboxylic acids is 1. The van der Waals surface area contributed by atoms with Gasteiger partial charge < -0.3 is 15.2 Å². The van der Waals surface area contributed by atoms with Crippen molar-refractivity contribution in [3.8, 4) is 11.5 Å². The van der Waals surface area contributed by atoms with Crippen LogP contribution < -0.4 is 10.5 Å². The molecule has 0 saturated carbocycles. The molecule has 1 atom stereocenters. The minimum Gasteiger partial charge on any atom is -0.456 e. The van der Waals surface area contributed by atoms with Crippen LogP contribution in [0.3, 0.4) is 0 Å². The van der Waals surface area contributed by atoms with E-state index in [0.717, 1.165) is 24.3 Å². The maximum atomic E-state index is 13.6. The molecule has 1 unspecified atom stereocenters. The van der Waals surface area contributed by atoms with Gasteiger partial charge in [-0.2, -0.15) is 8.78 Å². The van der Waals surface area contributed by atoms with Gasteiger partial charge in [0, 0.05) is 22.1 Å². The molecule has 2 N–H and O–H groups in total. The van der Waals surface area contributed by atoms with E-state index in [0.29, 0.717) is 0 Å². The van der Waals surface area contributed by atoms with Crippen molar-refractivity contribution < 1.29 is 35.9 Å². The summed E-state index contributed by atoms with van der Waals surface area (Å²) >= 11 is 8.97. The largest absolute Gasteiger partial charge is 0.456 e. The summed E-state index contributed by atoms with van der Waals surface area (Å²) in [6.45, 7) is 4.77. The number of halogens is 5. The van der Waals surface area contributed by atoms with Crippen LogP contribution in [0.25, 0.3) is 0 Å². The predicted molar refractivity (Wildman–Crippen MR) is 112 cm³/mol. The molecule has 0 aliphatic rings. The van der Waals surface area contributed by atoms with E-state index in [1.807, 2.05) is 0 Å². The van der Waals surface area contributed by atoms with Crippen molar-refractivity contribution in [3.05, 3.63) is 51.2 Å². The van der Waals surface area contributed by atoms with Crippen molar-refractivity contribution in [1.29, 1.82) is 0 Å². The van der Waals surface area contributed by atoms with Gasteiger partial charge in [0.05, 0.1) is 9.37 Å². The Balaban J connectivity index is 2.78. The lowest BCUT2D eigenvalue weighted by Crippen LogP contribution is -2.29. The molecule has 6 nitrogen and oxygen atoms in total. The van der Waals surface area contributed by atoms with Crippen molar-refractivity contribution in [1.82, 2.24) is 0 Å². The highest BCUT2D eigenvalue weighted by Gasteiger charge is 2.39. The molecular weight excluding hydrogens is 527 g/mol. The number of rotatable bonds is 6. The lowest BCUT2D eigenvalue weighted by molar-refractivity contribution is 0.0334. The number of primary amides is 1. The monoisotopic (exact) mass is 543 g/mol. The van der Waals surface area contributed by atoms with Crippen molar-refractivity contribution in [3.63, 3.8) is 0 Å². The van der Waals surface area contributed by atoms with Gasteiger partial charge in [0.1, 0.15) is 23.4 Å². The van der Waals surface area contributed by atoms with Crippen LogP contribution in [0.4, 0.5) is 18.0 Å². The highest BCUT2D eigenvalue weighted by Crippen LogP contribution is 2.47. The lowest BCUT2D eigenvalue weighted by Gasteiger charge is -2.32. The molecule has 0 aromatic heterocycles. The molecule has 2 rings (SSSR count). The Morgan fingerprint density at radius 1 is 1.19 bits per heavy atom. The van der Waals surface area contributed by atoms with Crippen molar-refractivity contribution in [2.24, 2.45) is 11.1 Å². The summed E-state index contributed by atoms with van der Waals surface area (Å²) in [5, 5.41) is 0.0351. The van der Waals surface area contributed by atoms with E-state index in [1.54, 1.807) is 20.8 Å². The average Bonchev–Trinajstić information content (AvgIpc) is 2.59. The SMILES string of the molecule is CC(C)(C)C(OC(N)=O)c1c(S(=O)(=O)C(F)F)ccc(Oc2cc(F)cc(Cl)c2)c1Br. The highest BCUT2D eigenvalue weighted by molar-refractivity contribution is 9.10. The van der Waals surface area contributed by atoms with Crippen LogP contribution in [0, 0.1) is 11.2 Å². The fourth-order valence-electron chi connectivity index (χ4n) is 2.72. The number of benzene rings is 2. The summed E-state index contributed by atoms with van der Waals surface area (Å²) in [5.74, 6) is -4.53. The molecule has 1 amide bonds. The first-order valence-corrected chi connectivity index (χ1v) is 11.3. The zero-order valence-corrected chi connectivity index (χ0v) is 19.6. The van der Waals surface area contributed by atoms with Gasteiger partial charge in [0.25, 0.3) is 0 Å². The van der Waals surface area contributed by atoms with Gasteiger partial charge >= 0.3 is 11.9 Å². The van der Waals surface area contributed by atoms with E-state index in [1.165, 1.54) is 6.07 Å². The maximum Gasteiger partial charge on any atom is 0.405 e. The Kier molecular flexibility index (Phi) is 7.55. The third-order valence-electron chi connectivity index (χ3n) is 3.99. The van der Waals surface area contributed by atoms with Gasteiger partial charge in [0.2, 0.25) is 9.84 Å². The molecule has 2 aromatic rings. The Morgan fingerprint density at radius 2 is 1.81 bits per heavy atom. The first-order chi connectivity index (χ1) is 14.1. The number of nitrogens with two attached hydrogens (primary N) is 1. The maximum absolute atomic E-state index is 13.6. The minimum atomic E-state index is -5.11. The van der Waals surface area contributed by atoms with Crippen LogP contribution in [0.1, 0.15) is 32.4 Å². The second kappa shape index (κ2) is 9.25. The third-order valence-corrected chi connectivity index (χ3v) is 6.47. The van der Waals surface area contributed by atoms with E-state index < -0.39 is 43.9 Å². The molecular formula is C19H18BrClF3NO5S. The predicted octanol–water partition coefficient (Wildman–Crippen LogP) is 6.21. The standard InChI is InChI=1S/C19H18BrClF3NO5S/c1-19(2,3)16(30-18(25)26)14-13(31(27,28)17(23)24)5-4-12(15(14)20)29-11-7-9(21)6-10(22)8-11/h4-8,16-17H,1-3H3,(H2,25,26). The van der Waals surface area contributed by atoms with Gasteiger partial charge in [-0.25, -0.2) is 17.6 Å². The second-order valence-corrected chi connectivity index (χ2v) is 10.6. The van der Waals surface area contributed by atoms with E-state index in [2.05, 4.69) is 15.9 Å². The summed E-state index contributed by atoms with van der Waals surface area (Å²) in [6.07, 6.45) is -2.60. The summed E-state index contributed by atoms with van der Waals surface area (Å²) in [6, 6.07) is 5.35. The van der Waals surface area contributed by atoms with Crippen LogP contribution >= 0.6 is 27.5 Å². The molecule has 12 heteroatoms. The Hall–Kier alpha value is -1.98. The third kappa shape index (κ3) is 5.83. The number of ether oxygens (including phenoxy) is 2. The van der Waals surface area contributed by atoms with Crippen molar-refractivity contribution >= 4 is 43.5 Å². The fourth-order valence-corrected chi connectivity index (χ4v) is 4.66. The first-order valence-electron chi connectivity index (χ1n) is 8.59. The Morgan fingerprint density at radius 3 is 2.29 bits per heavy atom.